The van der Waals surface area contributed by atoms with Gasteiger partial charge in [-0.15, -0.1) is 10.2 Å². The van der Waals surface area contributed by atoms with E-state index in [0.29, 0.717) is 0 Å². The van der Waals surface area contributed by atoms with E-state index in [1.807, 2.05) is 56.3 Å². The lowest BCUT2D eigenvalue weighted by Gasteiger charge is -2.21. The molecule has 0 aromatic heterocycles. The standard InChI is InChI=1S/C12H19N5/c1-9(17(2)3)11(15-16-12(13)14)10-7-5-4-6-8-10/h4-9H,1-3H3,(H4,13,14,16)/b15-11-. The Morgan fingerprint density at radius 3 is 2.18 bits per heavy atom. The van der Waals surface area contributed by atoms with Crippen LogP contribution in [0.15, 0.2) is 40.5 Å². The minimum atomic E-state index is -0.0376. The van der Waals surface area contributed by atoms with Crippen LogP contribution in [0.5, 0.6) is 0 Å². The van der Waals surface area contributed by atoms with E-state index in [1.54, 1.807) is 0 Å². The Labute approximate surface area is 102 Å². The van der Waals surface area contributed by atoms with Crippen molar-refractivity contribution < 1.29 is 0 Å². The number of guanidine groups is 1. The Morgan fingerprint density at radius 2 is 1.71 bits per heavy atom. The Bertz CT molecular complexity index is 404. The molecule has 0 saturated heterocycles. The van der Waals surface area contributed by atoms with Gasteiger partial charge < -0.3 is 16.4 Å². The molecule has 0 fully saturated rings. The molecule has 1 aromatic carbocycles. The summed E-state index contributed by atoms with van der Waals surface area (Å²) >= 11 is 0. The van der Waals surface area contributed by atoms with E-state index in [4.69, 9.17) is 11.5 Å². The zero-order chi connectivity index (χ0) is 12.8. The van der Waals surface area contributed by atoms with E-state index in [9.17, 15) is 0 Å². The van der Waals surface area contributed by atoms with Gasteiger partial charge in [-0.05, 0) is 26.6 Å². The quantitative estimate of drug-likeness (QED) is 0.454. The zero-order valence-corrected chi connectivity index (χ0v) is 10.5. The van der Waals surface area contributed by atoms with Crippen molar-refractivity contribution in [2.75, 3.05) is 14.1 Å². The molecule has 92 valence electrons. The van der Waals surface area contributed by atoms with Crippen molar-refractivity contribution in [3.63, 3.8) is 0 Å². The van der Waals surface area contributed by atoms with Crippen LogP contribution in [0.1, 0.15) is 12.5 Å². The van der Waals surface area contributed by atoms with Crippen LogP contribution in [-0.2, 0) is 0 Å². The van der Waals surface area contributed by atoms with Gasteiger partial charge in [0.15, 0.2) is 0 Å². The van der Waals surface area contributed by atoms with Gasteiger partial charge in [0.2, 0.25) is 5.96 Å². The number of rotatable bonds is 4. The molecule has 5 nitrogen and oxygen atoms in total. The largest absolute Gasteiger partial charge is 0.369 e. The third-order valence-corrected chi connectivity index (χ3v) is 2.51. The molecule has 0 bridgehead atoms. The van der Waals surface area contributed by atoms with Crippen LogP contribution in [0.25, 0.3) is 0 Å². The lowest BCUT2D eigenvalue weighted by molar-refractivity contribution is 0.381. The molecule has 1 atom stereocenters. The van der Waals surface area contributed by atoms with Crippen molar-refractivity contribution in [2.24, 2.45) is 21.7 Å². The van der Waals surface area contributed by atoms with E-state index in [1.165, 1.54) is 0 Å². The van der Waals surface area contributed by atoms with E-state index in [0.717, 1.165) is 11.3 Å². The molecule has 0 heterocycles. The summed E-state index contributed by atoms with van der Waals surface area (Å²) in [4.78, 5) is 2.05. The number of hydrogen-bond donors (Lipinski definition) is 2. The number of nitrogens with two attached hydrogens (primary N) is 2. The van der Waals surface area contributed by atoms with Crippen LogP contribution in [0.4, 0.5) is 0 Å². The predicted octanol–water partition coefficient (Wildman–Crippen LogP) is 0.614. The summed E-state index contributed by atoms with van der Waals surface area (Å²) in [6.45, 7) is 2.05. The molecule has 4 N–H and O–H groups in total. The molecule has 0 aliphatic heterocycles. The molecule has 0 saturated carbocycles. The van der Waals surface area contributed by atoms with Gasteiger partial charge in [-0.25, -0.2) is 0 Å². The van der Waals surface area contributed by atoms with Crippen LogP contribution >= 0.6 is 0 Å². The van der Waals surface area contributed by atoms with Crippen molar-refractivity contribution in [1.82, 2.24) is 4.90 Å². The minimum absolute atomic E-state index is 0.0376. The minimum Gasteiger partial charge on any atom is -0.369 e. The van der Waals surface area contributed by atoms with Crippen molar-refractivity contribution in [3.05, 3.63) is 35.9 Å². The van der Waals surface area contributed by atoms with Crippen LogP contribution in [0, 0.1) is 0 Å². The molecule has 1 aromatic rings. The highest BCUT2D eigenvalue weighted by atomic mass is 15.3. The number of benzene rings is 1. The SMILES string of the molecule is CC(/C(=N/N=C(N)N)c1ccccc1)N(C)C. The summed E-state index contributed by atoms with van der Waals surface area (Å²) in [5.74, 6) is -0.0376. The maximum absolute atomic E-state index is 5.30. The second kappa shape index (κ2) is 6.00. The fourth-order valence-electron chi connectivity index (χ4n) is 1.35. The van der Waals surface area contributed by atoms with E-state index in [2.05, 4.69) is 10.2 Å². The monoisotopic (exact) mass is 233 g/mol. The molecule has 0 aliphatic rings. The average Bonchev–Trinajstić information content (AvgIpc) is 2.30. The summed E-state index contributed by atoms with van der Waals surface area (Å²) < 4.78 is 0. The normalized spacial score (nSPS) is 13.5. The first-order valence-corrected chi connectivity index (χ1v) is 5.40. The Balaban J connectivity index is 3.12. The molecule has 0 aliphatic carbocycles. The van der Waals surface area contributed by atoms with Gasteiger partial charge >= 0.3 is 0 Å². The molecule has 1 rings (SSSR count). The van der Waals surface area contributed by atoms with E-state index in [-0.39, 0.29) is 12.0 Å². The van der Waals surface area contributed by atoms with Crippen LogP contribution in [0.2, 0.25) is 0 Å². The van der Waals surface area contributed by atoms with Crippen LogP contribution < -0.4 is 11.5 Å². The first kappa shape index (κ1) is 13.2. The number of hydrogen-bond acceptors (Lipinski definition) is 3. The first-order chi connectivity index (χ1) is 8.02. The fourth-order valence-corrected chi connectivity index (χ4v) is 1.35. The number of likely N-dealkylation sites (N-methyl/N-ethyl adjacent to an activating group) is 1. The third kappa shape index (κ3) is 3.88. The maximum Gasteiger partial charge on any atom is 0.211 e. The molecular weight excluding hydrogens is 214 g/mol. The molecule has 0 radical (unpaired) electrons. The van der Waals surface area contributed by atoms with Gasteiger partial charge in [0.05, 0.1) is 11.8 Å². The van der Waals surface area contributed by atoms with Gasteiger partial charge in [-0.3, -0.25) is 0 Å². The average molecular weight is 233 g/mol. The van der Waals surface area contributed by atoms with E-state index >= 15 is 0 Å². The van der Waals surface area contributed by atoms with Crippen molar-refractivity contribution in [1.29, 1.82) is 0 Å². The lowest BCUT2D eigenvalue weighted by Crippen LogP contribution is -2.33. The second-order valence-corrected chi connectivity index (χ2v) is 4.02. The smallest absolute Gasteiger partial charge is 0.211 e. The van der Waals surface area contributed by atoms with Gasteiger partial charge in [0.1, 0.15) is 0 Å². The second-order valence-electron chi connectivity index (χ2n) is 4.02. The van der Waals surface area contributed by atoms with Crippen LogP contribution in [0.3, 0.4) is 0 Å². The zero-order valence-electron chi connectivity index (χ0n) is 10.5. The molecule has 5 heteroatoms. The maximum atomic E-state index is 5.30. The highest BCUT2D eigenvalue weighted by Crippen LogP contribution is 2.08. The molecular formula is C12H19N5. The highest BCUT2D eigenvalue weighted by molar-refractivity contribution is 6.04. The summed E-state index contributed by atoms with van der Waals surface area (Å²) in [6.07, 6.45) is 0. The topological polar surface area (TPSA) is 80.0 Å². The summed E-state index contributed by atoms with van der Waals surface area (Å²) in [5, 5.41) is 7.87. The number of nitrogens with zero attached hydrogens (tertiary/aromatic N) is 3. The molecule has 1 unspecified atom stereocenters. The summed E-state index contributed by atoms with van der Waals surface area (Å²) in [5.41, 5.74) is 12.5. The molecule has 0 amide bonds. The van der Waals surface area contributed by atoms with Gasteiger partial charge in [0.25, 0.3) is 0 Å². The highest BCUT2D eigenvalue weighted by Gasteiger charge is 2.14. The third-order valence-electron chi connectivity index (χ3n) is 2.51. The van der Waals surface area contributed by atoms with Crippen molar-refractivity contribution in [3.8, 4) is 0 Å². The van der Waals surface area contributed by atoms with Crippen molar-refractivity contribution >= 4 is 11.7 Å². The molecule has 17 heavy (non-hydrogen) atoms. The molecule has 0 spiro atoms. The Hall–Kier alpha value is -1.88. The van der Waals surface area contributed by atoms with Gasteiger partial charge in [-0.1, -0.05) is 30.3 Å². The Morgan fingerprint density at radius 1 is 1.12 bits per heavy atom. The van der Waals surface area contributed by atoms with Gasteiger partial charge in [0, 0.05) is 0 Å². The summed E-state index contributed by atoms with van der Waals surface area (Å²) in [7, 11) is 3.97. The fraction of sp³-hybridized carbons (Fsp3) is 0.333. The van der Waals surface area contributed by atoms with Crippen molar-refractivity contribution in [2.45, 2.75) is 13.0 Å². The van der Waals surface area contributed by atoms with Gasteiger partial charge in [-0.2, -0.15) is 0 Å². The van der Waals surface area contributed by atoms with Crippen LogP contribution in [-0.4, -0.2) is 36.7 Å². The summed E-state index contributed by atoms with van der Waals surface area (Å²) in [6, 6.07) is 9.98. The first-order valence-electron chi connectivity index (χ1n) is 5.40. The van der Waals surface area contributed by atoms with E-state index < -0.39 is 0 Å². The Kier molecular flexibility index (Phi) is 4.66. The predicted molar refractivity (Wildman–Crippen MR) is 71.9 cm³/mol. The lowest BCUT2D eigenvalue weighted by atomic mass is 10.0.